The van der Waals surface area contributed by atoms with Crippen LogP contribution in [0.5, 0.6) is 0 Å². The molecule has 0 N–H and O–H groups in total. The molecule has 0 aromatic carbocycles. The van der Waals surface area contributed by atoms with Gasteiger partial charge in [0.05, 0.1) is 16.7 Å². The Balaban J connectivity index is 0. The molecule has 0 heterocycles. The number of allylic oxidation sites excluding steroid dienone is 2. The maximum Gasteiger partial charge on any atom is 1.00 e. The van der Waals surface area contributed by atoms with E-state index in [9.17, 15) is 13.0 Å². The van der Waals surface area contributed by atoms with Crippen molar-refractivity contribution in [3.05, 3.63) is 24.5 Å². The molecule has 0 aliphatic rings. The van der Waals surface area contributed by atoms with Gasteiger partial charge >= 0.3 is 29.6 Å². The Morgan fingerprint density at radius 2 is 1.88 bits per heavy atom. The van der Waals surface area contributed by atoms with Crippen molar-refractivity contribution in [3.63, 3.8) is 0 Å². The molecule has 0 atom stereocenters. The second-order valence-corrected chi connectivity index (χ2v) is 4.94. The predicted octanol–water partition coefficient (Wildman–Crippen LogP) is -0.798. The molecule has 0 bridgehead atoms. The molecule has 94 valence electrons. The molecule has 0 fully saturated rings. The molecule has 0 aromatic rings. The van der Waals surface area contributed by atoms with Gasteiger partial charge in [-0.2, -0.15) is 0 Å². The van der Waals surface area contributed by atoms with Crippen molar-refractivity contribution < 1.29 is 47.3 Å². The molecule has 4 nitrogen and oxygen atoms in total. The number of ether oxygens (including phenoxy) is 1. The zero-order chi connectivity index (χ0) is 12.4. The Morgan fingerprint density at radius 1 is 1.29 bits per heavy atom. The summed E-state index contributed by atoms with van der Waals surface area (Å²) in [6, 6.07) is 0. The van der Waals surface area contributed by atoms with Gasteiger partial charge in [0, 0.05) is 5.75 Å². The van der Waals surface area contributed by atoms with Crippen LogP contribution in [0.2, 0.25) is 0 Å². The van der Waals surface area contributed by atoms with E-state index in [1.54, 1.807) is 6.08 Å². The molecule has 0 amide bonds. The Kier molecular flexibility index (Phi) is 13.0. The number of rotatable bonds is 9. The Bertz CT molecular complexity index is 322. The average molecular weight is 270 g/mol. The van der Waals surface area contributed by atoms with Crippen LogP contribution < -0.4 is 29.6 Å². The maximum atomic E-state index is 10.3. The molecular weight excluding hydrogens is 251 g/mol. The minimum absolute atomic E-state index is 0. The van der Waals surface area contributed by atoms with E-state index >= 15 is 0 Å². The van der Waals surface area contributed by atoms with Crippen LogP contribution in [0.4, 0.5) is 0 Å². The molecule has 0 spiro atoms. The van der Waals surface area contributed by atoms with Crippen LogP contribution in [0.1, 0.15) is 32.6 Å². The molecule has 17 heavy (non-hydrogen) atoms. The van der Waals surface area contributed by atoms with Crippen molar-refractivity contribution in [2.45, 2.75) is 32.6 Å². The molecule has 0 radical (unpaired) electrons. The van der Waals surface area contributed by atoms with E-state index in [0.717, 1.165) is 25.0 Å². The van der Waals surface area contributed by atoms with E-state index in [0.29, 0.717) is 13.0 Å². The summed E-state index contributed by atoms with van der Waals surface area (Å²) in [5.41, 5.74) is 0. The summed E-state index contributed by atoms with van der Waals surface area (Å²) in [5.74, 6) is 0.489. The van der Waals surface area contributed by atoms with Gasteiger partial charge in [-0.15, -0.1) is 0 Å². The van der Waals surface area contributed by atoms with Crippen LogP contribution in [-0.4, -0.2) is 25.3 Å². The molecule has 0 saturated heterocycles. The zero-order valence-electron chi connectivity index (χ0n) is 10.6. The fourth-order valence-corrected chi connectivity index (χ4v) is 1.74. The first kappa shape index (κ1) is 19.5. The van der Waals surface area contributed by atoms with Gasteiger partial charge in [-0.3, -0.25) is 0 Å². The van der Waals surface area contributed by atoms with E-state index in [-0.39, 0.29) is 35.3 Å². The third kappa shape index (κ3) is 14.1. The third-order valence-corrected chi connectivity index (χ3v) is 2.83. The molecule has 0 aromatic heterocycles. The summed E-state index contributed by atoms with van der Waals surface area (Å²) in [6.45, 7) is 6.06. The molecule has 0 unspecified atom stereocenters. The van der Waals surface area contributed by atoms with Gasteiger partial charge in [0.25, 0.3) is 0 Å². The van der Waals surface area contributed by atoms with Crippen LogP contribution in [0, 0.1) is 0 Å². The van der Waals surface area contributed by atoms with Gasteiger partial charge in [0.15, 0.2) is 0 Å². The fraction of sp³-hybridized carbons (Fsp3) is 0.636. The first-order valence-electron chi connectivity index (χ1n) is 5.34. The summed E-state index contributed by atoms with van der Waals surface area (Å²) in [5, 5.41) is 0. The quantitative estimate of drug-likeness (QED) is 0.181. The van der Waals surface area contributed by atoms with Crippen LogP contribution in [0.25, 0.3) is 0 Å². The predicted molar refractivity (Wildman–Crippen MR) is 62.9 cm³/mol. The van der Waals surface area contributed by atoms with E-state index in [1.807, 2.05) is 13.0 Å². The molecule has 0 saturated carbocycles. The summed E-state index contributed by atoms with van der Waals surface area (Å²) in [4.78, 5) is 0. The smallest absolute Gasteiger partial charge is 0.748 e. The number of hydrogen-bond donors (Lipinski definition) is 0. The van der Waals surface area contributed by atoms with Gasteiger partial charge in [0.1, 0.15) is 5.76 Å². The van der Waals surface area contributed by atoms with Gasteiger partial charge in [-0.25, -0.2) is 8.42 Å². The molecule has 0 rings (SSSR count). The Morgan fingerprint density at radius 3 is 2.35 bits per heavy atom. The van der Waals surface area contributed by atoms with E-state index < -0.39 is 10.1 Å². The van der Waals surface area contributed by atoms with Crippen molar-refractivity contribution >= 4 is 10.1 Å². The van der Waals surface area contributed by atoms with Crippen LogP contribution >= 0.6 is 0 Å². The first-order chi connectivity index (χ1) is 7.49. The second-order valence-electron chi connectivity index (χ2n) is 3.42. The van der Waals surface area contributed by atoms with Crippen molar-refractivity contribution in [1.29, 1.82) is 0 Å². The van der Waals surface area contributed by atoms with E-state index in [1.165, 1.54) is 0 Å². The molecule has 0 aliphatic carbocycles. The maximum absolute atomic E-state index is 10.3. The van der Waals surface area contributed by atoms with Crippen LogP contribution in [0.3, 0.4) is 0 Å². The van der Waals surface area contributed by atoms with E-state index in [4.69, 9.17) is 4.74 Å². The number of unbranched alkanes of at least 4 members (excludes halogenated alkanes) is 3. The van der Waals surface area contributed by atoms with Gasteiger partial charge in [-0.05, 0) is 31.9 Å². The van der Waals surface area contributed by atoms with Crippen LogP contribution in [0.15, 0.2) is 24.5 Å². The topological polar surface area (TPSA) is 66.4 Å². The molecule has 0 aliphatic heterocycles. The monoisotopic (exact) mass is 270 g/mol. The second kappa shape index (κ2) is 11.3. The van der Waals surface area contributed by atoms with Crippen molar-refractivity contribution in [1.82, 2.24) is 0 Å². The minimum Gasteiger partial charge on any atom is -0.748 e. The molecule has 6 heteroatoms. The molecular formula is C11H19NaO4S. The normalized spacial score (nSPS) is 11.8. The van der Waals surface area contributed by atoms with Crippen molar-refractivity contribution in [2.75, 3.05) is 12.4 Å². The summed E-state index contributed by atoms with van der Waals surface area (Å²) >= 11 is 0. The Hall–Kier alpha value is 0.190. The third-order valence-electron chi connectivity index (χ3n) is 2.04. The van der Waals surface area contributed by atoms with Crippen LogP contribution in [-0.2, 0) is 14.9 Å². The first-order valence-corrected chi connectivity index (χ1v) is 6.92. The zero-order valence-corrected chi connectivity index (χ0v) is 13.5. The minimum atomic E-state index is -4.04. The van der Waals surface area contributed by atoms with Gasteiger partial charge in [-0.1, -0.05) is 19.4 Å². The van der Waals surface area contributed by atoms with Gasteiger partial charge < -0.3 is 9.29 Å². The summed E-state index contributed by atoms with van der Waals surface area (Å²) < 4.78 is 36.2. The Labute approximate surface area is 126 Å². The van der Waals surface area contributed by atoms with Crippen molar-refractivity contribution in [3.8, 4) is 0 Å². The summed E-state index contributed by atoms with van der Waals surface area (Å²) in [7, 11) is -4.04. The standard InChI is InChI=1S/C11H20O4S.Na/c1-3-11(4-2)15-9-7-5-6-8-10-16(12,13)14;/h3-4H,1,5-10H2,2H3,(H,12,13,14);/q;+1/p-1/b11-4+;. The SMILES string of the molecule is C=C/C(=C\C)OCCCCCCS(=O)(=O)[O-].[Na+]. The summed E-state index contributed by atoms with van der Waals surface area (Å²) in [6.07, 6.45) is 6.36. The van der Waals surface area contributed by atoms with Gasteiger partial charge in [0.2, 0.25) is 0 Å². The fourth-order valence-electron chi connectivity index (χ4n) is 1.18. The largest absolute Gasteiger partial charge is 1.00 e. The average Bonchev–Trinajstić information content (AvgIpc) is 2.21. The van der Waals surface area contributed by atoms with Crippen molar-refractivity contribution in [2.24, 2.45) is 0 Å². The van der Waals surface area contributed by atoms with E-state index in [2.05, 4.69) is 6.58 Å². The number of hydrogen-bond acceptors (Lipinski definition) is 4.